The summed E-state index contributed by atoms with van der Waals surface area (Å²) in [6.07, 6.45) is -1.02. The van der Waals surface area contributed by atoms with Crippen molar-refractivity contribution >= 4 is 29.2 Å². The maximum Gasteiger partial charge on any atom is 0.414 e. The van der Waals surface area contributed by atoms with Crippen LogP contribution in [0.4, 0.5) is 20.6 Å². The fourth-order valence-corrected chi connectivity index (χ4v) is 3.94. The zero-order valence-corrected chi connectivity index (χ0v) is 16.3. The third kappa shape index (κ3) is 4.18. The molecule has 29 heavy (non-hydrogen) atoms. The van der Waals surface area contributed by atoms with Crippen molar-refractivity contribution in [1.82, 2.24) is 15.3 Å². The minimum absolute atomic E-state index is 0.200. The normalized spacial score (nSPS) is 23.2. The third-order valence-electron chi connectivity index (χ3n) is 5.41. The minimum atomic E-state index is -0.555. The van der Waals surface area contributed by atoms with Gasteiger partial charge in [-0.15, -0.1) is 0 Å². The fourth-order valence-electron chi connectivity index (χ4n) is 3.94. The molecule has 1 atom stereocenters. The second-order valence-corrected chi connectivity index (χ2v) is 7.49. The van der Waals surface area contributed by atoms with Gasteiger partial charge in [-0.2, -0.15) is 0 Å². The molecule has 3 heterocycles. The van der Waals surface area contributed by atoms with Gasteiger partial charge in [-0.05, 0) is 18.2 Å². The summed E-state index contributed by atoms with van der Waals surface area (Å²) in [5.74, 6) is -0.398. The second-order valence-electron chi connectivity index (χ2n) is 7.49. The number of carbonyl (C=O) groups is 3. The Morgan fingerprint density at radius 1 is 1.17 bits per heavy atom. The van der Waals surface area contributed by atoms with E-state index in [2.05, 4.69) is 5.32 Å². The molecule has 1 aromatic rings. The number of hydrogen-bond donors (Lipinski definition) is 1. The number of nitrogens with zero attached hydrogens (tertiary/aromatic N) is 4. The average Bonchev–Trinajstić information content (AvgIpc) is 3.16. The number of benzene rings is 1. The van der Waals surface area contributed by atoms with Crippen LogP contribution in [0.5, 0.6) is 0 Å². The number of cyclic esters (lactones) is 1. The van der Waals surface area contributed by atoms with Gasteiger partial charge in [0.2, 0.25) is 5.91 Å². The standard InChI is InChI=1S/C19H24FN5O4/c1-13(26)21-9-16-12-25(19(28)29-16)14-2-3-18(17(20)8-14)22-4-6-23-10-15(27)11-24(23)7-5-22/h2-3,8,16H,4-7,9-12H2,1H3,(H,21,26)/t16-/m0/s1. The Morgan fingerprint density at radius 3 is 2.48 bits per heavy atom. The van der Waals surface area contributed by atoms with Crippen LogP contribution in [0.2, 0.25) is 0 Å². The van der Waals surface area contributed by atoms with E-state index < -0.39 is 18.0 Å². The molecule has 3 fully saturated rings. The summed E-state index contributed by atoms with van der Waals surface area (Å²) in [7, 11) is 0. The molecule has 0 bridgehead atoms. The Labute approximate surface area is 167 Å². The minimum Gasteiger partial charge on any atom is -0.442 e. The van der Waals surface area contributed by atoms with Gasteiger partial charge in [0.25, 0.3) is 0 Å². The van der Waals surface area contributed by atoms with Gasteiger partial charge in [0, 0.05) is 33.1 Å². The zero-order chi connectivity index (χ0) is 20.5. The van der Waals surface area contributed by atoms with Gasteiger partial charge in [-0.25, -0.2) is 19.2 Å². The van der Waals surface area contributed by atoms with Gasteiger partial charge in [0.1, 0.15) is 11.9 Å². The quantitative estimate of drug-likeness (QED) is 0.767. The van der Waals surface area contributed by atoms with Crippen molar-refractivity contribution in [3.05, 3.63) is 24.0 Å². The van der Waals surface area contributed by atoms with Crippen LogP contribution in [-0.4, -0.2) is 86.3 Å². The van der Waals surface area contributed by atoms with E-state index in [0.717, 1.165) is 0 Å². The Balaban J connectivity index is 1.42. The molecule has 3 aliphatic rings. The van der Waals surface area contributed by atoms with Crippen molar-refractivity contribution in [2.24, 2.45) is 0 Å². The van der Waals surface area contributed by atoms with Crippen LogP contribution in [0.1, 0.15) is 6.92 Å². The number of rotatable bonds is 4. The SMILES string of the molecule is CC(=O)NC[C@H]1CN(c2ccc(N3CCN4CC(=O)CN4CC3)c(F)c2)C(=O)O1. The van der Waals surface area contributed by atoms with E-state index in [1.807, 2.05) is 14.9 Å². The van der Waals surface area contributed by atoms with Gasteiger partial charge in [0.15, 0.2) is 5.78 Å². The van der Waals surface area contributed by atoms with Crippen LogP contribution in [0.25, 0.3) is 0 Å². The maximum atomic E-state index is 14.9. The number of amides is 2. The van der Waals surface area contributed by atoms with Crippen molar-refractivity contribution in [1.29, 1.82) is 0 Å². The van der Waals surface area contributed by atoms with Crippen LogP contribution in [0.15, 0.2) is 18.2 Å². The zero-order valence-electron chi connectivity index (χ0n) is 16.3. The summed E-state index contributed by atoms with van der Waals surface area (Å²) in [6.45, 7) is 5.27. The van der Waals surface area contributed by atoms with Crippen molar-refractivity contribution in [3.63, 3.8) is 0 Å². The molecule has 9 nitrogen and oxygen atoms in total. The maximum absolute atomic E-state index is 14.9. The van der Waals surface area contributed by atoms with Gasteiger partial charge in [-0.1, -0.05) is 0 Å². The molecule has 10 heteroatoms. The van der Waals surface area contributed by atoms with Gasteiger partial charge in [0.05, 0.1) is 37.6 Å². The van der Waals surface area contributed by atoms with E-state index >= 15 is 0 Å². The number of carbonyl (C=O) groups excluding carboxylic acids is 3. The Kier molecular flexibility index (Phi) is 5.37. The van der Waals surface area contributed by atoms with Crippen LogP contribution in [0.3, 0.4) is 0 Å². The van der Waals surface area contributed by atoms with E-state index in [-0.39, 0.29) is 24.8 Å². The highest BCUT2D eigenvalue weighted by Gasteiger charge is 2.34. The van der Waals surface area contributed by atoms with Crippen LogP contribution >= 0.6 is 0 Å². The predicted molar refractivity (Wildman–Crippen MR) is 103 cm³/mol. The number of hydrogen-bond acceptors (Lipinski definition) is 7. The first-order chi connectivity index (χ1) is 13.9. The van der Waals surface area contributed by atoms with E-state index in [9.17, 15) is 18.8 Å². The Bertz CT molecular complexity index is 817. The summed E-state index contributed by atoms with van der Waals surface area (Å²) in [4.78, 5) is 38.1. The number of Topliss-reactive ketones (excluding diaryl/α,β-unsaturated/α-hetero) is 1. The number of ketones is 1. The Hall–Kier alpha value is -2.72. The number of nitrogens with one attached hydrogen (secondary N) is 1. The summed E-state index contributed by atoms with van der Waals surface area (Å²) in [5.41, 5.74) is 0.899. The average molecular weight is 405 g/mol. The molecule has 0 spiro atoms. The summed E-state index contributed by atoms with van der Waals surface area (Å²) < 4.78 is 20.1. The molecule has 156 valence electrons. The van der Waals surface area contributed by atoms with Crippen LogP contribution in [0, 0.1) is 5.82 Å². The number of halogens is 1. The lowest BCUT2D eigenvalue weighted by Crippen LogP contribution is -2.37. The molecule has 3 aliphatic heterocycles. The molecule has 3 saturated heterocycles. The Morgan fingerprint density at radius 2 is 1.86 bits per heavy atom. The van der Waals surface area contributed by atoms with Gasteiger partial charge >= 0.3 is 6.09 Å². The van der Waals surface area contributed by atoms with Gasteiger partial charge < -0.3 is 15.0 Å². The monoisotopic (exact) mass is 405 g/mol. The summed E-state index contributed by atoms with van der Waals surface area (Å²) in [6, 6.07) is 4.72. The number of anilines is 2. The molecular weight excluding hydrogens is 381 g/mol. The first-order valence-corrected chi connectivity index (χ1v) is 9.69. The molecule has 1 aromatic carbocycles. The lowest BCUT2D eigenvalue weighted by Gasteiger charge is -2.24. The van der Waals surface area contributed by atoms with Crippen molar-refractivity contribution in [2.75, 3.05) is 62.2 Å². The van der Waals surface area contributed by atoms with Crippen molar-refractivity contribution in [2.45, 2.75) is 13.0 Å². The molecule has 0 unspecified atom stereocenters. The number of fused-ring (bicyclic) bond motifs is 1. The first kappa shape index (κ1) is 19.6. The largest absolute Gasteiger partial charge is 0.442 e. The van der Waals surface area contributed by atoms with Crippen molar-refractivity contribution in [3.8, 4) is 0 Å². The molecule has 0 saturated carbocycles. The lowest BCUT2D eigenvalue weighted by atomic mass is 10.2. The second kappa shape index (κ2) is 7.96. The van der Waals surface area contributed by atoms with E-state index in [4.69, 9.17) is 4.74 Å². The van der Waals surface area contributed by atoms with E-state index in [0.29, 0.717) is 50.6 Å². The van der Waals surface area contributed by atoms with Gasteiger partial charge in [-0.3, -0.25) is 14.5 Å². The third-order valence-corrected chi connectivity index (χ3v) is 5.41. The van der Waals surface area contributed by atoms with E-state index in [1.165, 1.54) is 17.9 Å². The van der Waals surface area contributed by atoms with Crippen molar-refractivity contribution < 1.29 is 23.5 Å². The van der Waals surface area contributed by atoms with Crippen LogP contribution < -0.4 is 15.1 Å². The lowest BCUT2D eigenvalue weighted by molar-refractivity contribution is -0.119. The summed E-state index contributed by atoms with van der Waals surface area (Å²) >= 11 is 0. The molecule has 0 radical (unpaired) electrons. The predicted octanol–water partition coefficient (Wildman–Crippen LogP) is 0.209. The topological polar surface area (TPSA) is 85.4 Å². The summed E-state index contributed by atoms with van der Waals surface area (Å²) in [5, 5.41) is 6.65. The smallest absolute Gasteiger partial charge is 0.414 e. The molecule has 1 N–H and O–H groups in total. The highest BCUT2D eigenvalue weighted by molar-refractivity contribution is 5.90. The fraction of sp³-hybridized carbons (Fsp3) is 0.526. The highest BCUT2D eigenvalue weighted by Crippen LogP contribution is 2.28. The number of ether oxygens (including phenoxy) is 1. The molecule has 2 amide bonds. The highest BCUT2D eigenvalue weighted by atomic mass is 19.1. The first-order valence-electron chi connectivity index (χ1n) is 9.69. The van der Waals surface area contributed by atoms with E-state index in [1.54, 1.807) is 12.1 Å². The molecular formula is C19H24FN5O4. The molecule has 4 rings (SSSR count). The molecule has 0 aliphatic carbocycles. The number of hydrazine groups is 1. The van der Waals surface area contributed by atoms with Crippen LogP contribution in [-0.2, 0) is 14.3 Å². The molecule has 0 aromatic heterocycles.